The monoisotopic (exact) mass is 298 g/mol. The minimum absolute atomic E-state index is 0.160. The number of likely N-dealkylation sites (tertiary alicyclic amines) is 1. The van der Waals surface area contributed by atoms with Crippen molar-refractivity contribution in [2.45, 2.75) is 66.3 Å². The van der Waals surface area contributed by atoms with Gasteiger partial charge in [-0.1, -0.05) is 13.8 Å². The van der Waals surface area contributed by atoms with Crippen molar-refractivity contribution in [3.63, 3.8) is 0 Å². The minimum atomic E-state index is -1.03. The molecule has 0 radical (unpaired) electrons. The number of hydrogen-bond donors (Lipinski definition) is 2. The summed E-state index contributed by atoms with van der Waals surface area (Å²) in [4.78, 5) is 25.7. The van der Waals surface area contributed by atoms with Crippen LogP contribution in [0.1, 0.15) is 60.8 Å². The van der Waals surface area contributed by atoms with Gasteiger partial charge in [0.05, 0.1) is 11.0 Å². The van der Waals surface area contributed by atoms with Gasteiger partial charge in [-0.05, 0) is 52.4 Å². The zero-order chi connectivity index (χ0) is 16.5. The van der Waals surface area contributed by atoms with Gasteiger partial charge in [-0.3, -0.25) is 4.79 Å². The number of nitrogens with zero attached hydrogens (tertiary/aromatic N) is 1. The first-order chi connectivity index (χ1) is 9.39. The second-order valence-corrected chi connectivity index (χ2v) is 7.99. The van der Waals surface area contributed by atoms with Gasteiger partial charge in [0.15, 0.2) is 0 Å². The first-order valence-corrected chi connectivity index (χ1v) is 7.70. The number of urea groups is 1. The van der Waals surface area contributed by atoms with Gasteiger partial charge in [0, 0.05) is 13.1 Å². The van der Waals surface area contributed by atoms with Crippen LogP contribution in [0.15, 0.2) is 0 Å². The summed E-state index contributed by atoms with van der Waals surface area (Å²) >= 11 is 0. The first kappa shape index (κ1) is 17.8. The molecule has 0 aromatic heterocycles. The fraction of sp³-hybridized carbons (Fsp3) is 0.875. The van der Waals surface area contributed by atoms with E-state index in [1.54, 1.807) is 27.7 Å². The molecule has 0 aromatic carbocycles. The number of carbonyl (C=O) groups excluding carboxylic acids is 1. The van der Waals surface area contributed by atoms with E-state index in [1.165, 1.54) is 0 Å². The minimum Gasteiger partial charge on any atom is -0.481 e. The molecule has 0 aliphatic carbocycles. The highest BCUT2D eigenvalue weighted by Gasteiger charge is 2.45. The van der Waals surface area contributed by atoms with Crippen molar-refractivity contribution in [1.82, 2.24) is 10.2 Å². The Morgan fingerprint density at radius 1 is 1.10 bits per heavy atom. The highest BCUT2D eigenvalue weighted by atomic mass is 16.4. The Labute approximate surface area is 128 Å². The Balaban J connectivity index is 2.74. The highest BCUT2D eigenvalue weighted by Crippen LogP contribution is 2.32. The maximum Gasteiger partial charge on any atom is 0.317 e. The molecule has 0 bridgehead atoms. The number of aliphatic carboxylic acids is 1. The lowest BCUT2D eigenvalue weighted by Gasteiger charge is -2.40. The number of hydrogen-bond acceptors (Lipinski definition) is 2. The fourth-order valence-electron chi connectivity index (χ4n) is 2.40. The van der Waals surface area contributed by atoms with Crippen LogP contribution < -0.4 is 5.32 Å². The number of amides is 2. The molecule has 21 heavy (non-hydrogen) atoms. The van der Waals surface area contributed by atoms with E-state index in [2.05, 4.69) is 19.2 Å². The van der Waals surface area contributed by atoms with E-state index in [0.717, 1.165) is 32.4 Å². The van der Waals surface area contributed by atoms with Crippen LogP contribution in [0.25, 0.3) is 0 Å². The predicted molar refractivity (Wildman–Crippen MR) is 83.2 cm³/mol. The van der Waals surface area contributed by atoms with Crippen molar-refractivity contribution >= 4 is 12.0 Å². The summed E-state index contributed by atoms with van der Waals surface area (Å²) in [6.45, 7) is 12.7. The van der Waals surface area contributed by atoms with Crippen molar-refractivity contribution in [3.05, 3.63) is 0 Å². The lowest BCUT2D eigenvalue weighted by molar-refractivity contribution is -0.150. The molecule has 2 amide bonds. The predicted octanol–water partition coefficient (Wildman–Crippen LogP) is 3.10. The Kier molecular flexibility index (Phi) is 4.96. The van der Waals surface area contributed by atoms with Gasteiger partial charge in [-0.2, -0.15) is 0 Å². The average molecular weight is 298 g/mol. The zero-order valence-corrected chi connectivity index (χ0v) is 14.2. The molecule has 5 heteroatoms. The number of nitrogens with one attached hydrogen (secondary N) is 1. The first-order valence-electron chi connectivity index (χ1n) is 7.70. The summed E-state index contributed by atoms with van der Waals surface area (Å²) in [6, 6.07) is -0.160. The van der Waals surface area contributed by atoms with E-state index in [1.807, 2.05) is 4.90 Å². The third kappa shape index (κ3) is 4.11. The zero-order valence-electron chi connectivity index (χ0n) is 14.2. The second kappa shape index (κ2) is 5.85. The summed E-state index contributed by atoms with van der Waals surface area (Å²) in [5, 5.41) is 12.3. The highest BCUT2D eigenvalue weighted by molar-refractivity contribution is 5.79. The summed E-state index contributed by atoms with van der Waals surface area (Å²) in [6.07, 6.45) is 3.08. The molecular weight excluding hydrogens is 268 g/mol. The maximum absolute atomic E-state index is 12.5. The van der Waals surface area contributed by atoms with Gasteiger partial charge in [0.1, 0.15) is 0 Å². The van der Waals surface area contributed by atoms with E-state index in [9.17, 15) is 14.7 Å². The van der Waals surface area contributed by atoms with Crippen LogP contribution >= 0.6 is 0 Å². The molecule has 0 atom stereocenters. The molecule has 0 unspecified atom stereocenters. The van der Waals surface area contributed by atoms with Crippen LogP contribution in [0.4, 0.5) is 4.79 Å². The SMILES string of the molecule is CC1(C)CCCN(C(=O)NC(C)(C)C(C)(C)C(=O)O)CC1. The van der Waals surface area contributed by atoms with Crippen molar-refractivity contribution in [2.24, 2.45) is 10.8 Å². The molecule has 5 nitrogen and oxygen atoms in total. The molecule has 1 aliphatic heterocycles. The average Bonchev–Trinajstić information content (AvgIpc) is 2.49. The lowest BCUT2D eigenvalue weighted by Crippen LogP contribution is -2.59. The van der Waals surface area contributed by atoms with Gasteiger partial charge in [0.2, 0.25) is 0 Å². The molecule has 1 rings (SSSR count). The topological polar surface area (TPSA) is 69.6 Å². The quantitative estimate of drug-likeness (QED) is 0.841. The molecule has 0 aromatic rings. The molecule has 1 saturated heterocycles. The lowest BCUT2D eigenvalue weighted by atomic mass is 9.74. The maximum atomic E-state index is 12.5. The van der Waals surface area contributed by atoms with Crippen LogP contribution in [0.5, 0.6) is 0 Å². The van der Waals surface area contributed by atoms with Crippen LogP contribution in [0.3, 0.4) is 0 Å². The fourth-order valence-corrected chi connectivity index (χ4v) is 2.40. The Morgan fingerprint density at radius 3 is 2.19 bits per heavy atom. The van der Waals surface area contributed by atoms with Crippen molar-refractivity contribution < 1.29 is 14.7 Å². The van der Waals surface area contributed by atoms with Crippen molar-refractivity contribution in [2.75, 3.05) is 13.1 Å². The molecule has 2 N–H and O–H groups in total. The Hall–Kier alpha value is -1.26. The third-order valence-electron chi connectivity index (χ3n) is 5.14. The molecule has 0 spiro atoms. The van der Waals surface area contributed by atoms with Gasteiger partial charge < -0.3 is 15.3 Å². The Morgan fingerprint density at radius 2 is 1.67 bits per heavy atom. The smallest absolute Gasteiger partial charge is 0.317 e. The van der Waals surface area contributed by atoms with Crippen LogP contribution in [0.2, 0.25) is 0 Å². The van der Waals surface area contributed by atoms with E-state index >= 15 is 0 Å². The van der Waals surface area contributed by atoms with Crippen molar-refractivity contribution in [3.8, 4) is 0 Å². The number of carboxylic acid groups (broad SMARTS) is 1. The number of carbonyl (C=O) groups is 2. The van der Waals surface area contributed by atoms with Crippen LogP contribution in [-0.2, 0) is 4.79 Å². The van der Waals surface area contributed by atoms with Gasteiger partial charge in [-0.15, -0.1) is 0 Å². The van der Waals surface area contributed by atoms with E-state index in [-0.39, 0.29) is 11.4 Å². The van der Waals surface area contributed by atoms with Crippen LogP contribution in [-0.4, -0.2) is 40.6 Å². The summed E-state index contributed by atoms with van der Waals surface area (Å²) < 4.78 is 0. The molecule has 0 saturated carbocycles. The second-order valence-electron chi connectivity index (χ2n) is 7.99. The Bertz CT molecular complexity index is 414. The third-order valence-corrected chi connectivity index (χ3v) is 5.14. The number of carboxylic acids is 1. The molecule has 1 heterocycles. The largest absolute Gasteiger partial charge is 0.481 e. The molecule has 122 valence electrons. The van der Waals surface area contributed by atoms with E-state index in [0.29, 0.717) is 0 Å². The molecule has 1 aliphatic rings. The summed E-state index contributed by atoms with van der Waals surface area (Å²) in [5.74, 6) is -0.912. The molecular formula is C16H30N2O3. The van der Waals surface area contributed by atoms with E-state index < -0.39 is 16.9 Å². The van der Waals surface area contributed by atoms with Gasteiger partial charge in [0.25, 0.3) is 0 Å². The van der Waals surface area contributed by atoms with Crippen molar-refractivity contribution in [1.29, 1.82) is 0 Å². The standard InChI is InChI=1S/C16H30N2O3/c1-14(2)8-7-10-18(11-9-14)13(21)17-16(5,6)15(3,4)12(19)20/h7-11H2,1-6H3,(H,17,21)(H,19,20). The van der Waals surface area contributed by atoms with E-state index in [4.69, 9.17) is 0 Å². The molecule has 1 fully saturated rings. The normalized spacial score (nSPS) is 19.8. The number of rotatable bonds is 3. The van der Waals surface area contributed by atoms with Gasteiger partial charge in [-0.25, -0.2) is 4.79 Å². The van der Waals surface area contributed by atoms with Gasteiger partial charge >= 0.3 is 12.0 Å². The van der Waals surface area contributed by atoms with Crippen LogP contribution in [0, 0.1) is 10.8 Å². The summed E-state index contributed by atoms with van der Waals surface area (Å²) in [5.41, 5.74) is -1.59. The summed E-state index contributed by atoms with van der Waals surface area (Å²) in [7, 11) is 0.